The molecule has 0 heterocycles. The molecule has 0 fully saturated rings. The maximum atomic E-state index is 12.5. The highest BCUT2D eigenvalue weighted by molar-refractivity contribution is 6.05. The Morgan fingerprint density at radius 1 is 1.32 bits per heavy atom. The van der Waals surface area contributed by atoms with Gasteiger partial charge >= 0.3 is 0 Å². The van der Waals surface area contributed by atoms with Crippen molar-refractivity contribution in [3.8, 4) is 0 Å². The summed E-state index contributed by atoms with van der Waals surface area (Å²) in [6.45, 7) is 6.93. The van der Waals surface area contributed by atoms with Crippen LogP contribution in [0.5, 0.6) is 0 Å². The molecule has 6 heteroatoms. The van der Waals surface area contributed by atoms with Crippen LogP contribution in [0.15, 0.2) is 36.0 Å². The predicted molar refractivity (Wildman–Crippen MR) is 83.8 cm³/mol. The third-order valence-corrected chi connectivity index (χ3v) is 3.10. The van der Waals surface area contributed by atoms with Crippen molar-refractivity contribution in [2.24, 2.45) is 0 Å². The monoisotopic (exact) mass is 306 g/mol. The molecule has 0 spiro atoms. The van der Waals surface area contributed by atoms with Crippen molar-refractivity contribution in [3.05, 3.63) is 36.0 Å². The predicted octanol–water partition coefficient (Wildman–Crippen LogP) is 1.14. The molecule has 6 nitrogen and oxygen atoms in total. The van der Waals surface area contributed by atoms with Crippen molar-refractivity contribution in [1.82, 2.24) is 10.2 Å². The molecular formula is C16H22N2O4. The van der Waals surface area contributed by atoms with Crippen LogP contribution in [-0.2, 0) is 19.2 Å². The molecule has 0 aromatic heterocycles. The lowest BCUT2D eigenvalue weighted by atomic mass is 10.0. The molecule has 3 amide bonds. The van der Waals surface area contributed by atoms with E-state index >= 15 is 0 Å². The normalized spacial score (nSPS) is 13.0. The lowest BCUT2D eigenvalue weighted by Crippen LogP contribution is -2.48. The third-order valence-electron chi connectivity index (χ3n) is 3.10. The lowest BCUT2D eigenvalue weighted by Gasteiger charge is -2.26. The molecule has 0 aromatic rings. The number of imide groups is 1. The zero-order chi connectivity index (χ0) is 17.1. The molecule has 1 unspecified atom stereocenters. The number of carbonyl (C=O) groups excluding carboxylic acids is 4. The van der Waals surface area contributed by atoms with Gasteiger partial charge in [-0.15, -0.1) is 0 Å². The van der Waals surface area contributed by atoms with E-state index in [0.29, 0.717) is 23.8 Å². The number of allylic oxidation sites excluding steroid dienone is 3. The van der Waals surface area contributed by atoms with E-state index in [-0.39, 0.29) is 12.8 Å². The van der Waals surface area contributed by atoms with E-state index < -0.39 is 17.9 Å². The fraction of sp³-hybridized carbons (Fsp3) is 0.375. The first-order valence-electron chi connectivity index (χ1n) is 6.87. The van der Waals surface area contributed by atoms with E-state index in [1.165, 1.54) is 13.1 Å². The van der Waals surface area contributed by atoms with E-state index in [2.05, 4.69) is 11.9 Å². The van der Waals surface area contributed by atoms with Crippen LogP contribution in [0.1, 0.15) is 26.7 Å². The van der Waals surface area contributed by atoms with Gasteiger partial charge in [-0.25, -0.2) is 0 Å². The molecule has 1 N–H and O–H groups in total. The molecule has 0 aromatic carbocycles. The summed E-state index contributed by atoms with van der Waals surface area (Å²) in [6.07, 6.45) is 5.84. The quantitative estimate of drug-likeness (QED) is 0.393. The van der Waals surface area contributed by atoms with E-state index in [1.807, 2.05) is 0 Å². The summed E-state index contributed by atoms with van der Waals surface area (Å²) < 4.78 is 0. The van der Waals surface area contributed by atoms with E-state index in [9.17, 15) is 19.2 Å². The van der Waals surface area contributed by atoms with Crippen LogP contribution < -0.4 is 5.32 Å². The molecule has 0 radical (unpaired) electrons. The van der Waals surface area contributed by atoms with Crippen molar-refractivity contribution < 1.29 is 19.2 Å². The van der Waals surface area contributed by atoms with Gasteiger partial charge in [0.25, 0.3) is 5.91 Å². The third kappa shape index (κ3) is 5.12. The van der Waals surface area contributed by atoms with Gasteiger partial charge in [0.15, 0.2) is 0 Å². The minimum atomic E-state index is -1.02. The molecule has 22 heavy (non-hydrogen) atoms. The Bertz CT molecular complexity index is 506. The van der Waals surface area contributed by atoms with E-state index in [1.54, 1.807) is 26.0 Å². The smallest absolute Gasteiger partial charge is 0.260 e. The van der Waals surface area contributed by atoms with Crippen molar-refractivity contribution in [2.75, 3.05) is 7.05 Å². The Morgan fingerprint density at radius 2 is 1.95 bits per heavy atom. The number of nitrogens with one attached hydrogen (secondary N) is 1. The van der Waals surface area contributed by atoms with Gasteiger partial charge in [0.2, 0.25) is 12.3 Å². The van der Waals surface area contributed by atoms with Crippen molar-refractivity contribution in [2.45, 2.75) is 32.7 Å². The molecule has 0 saturated heterocycles. The zero-order valence-electron chi connectivity index (χ0n) is 13.2. The highest BCUT2D eigenvalue weighted by Gasteiger charge is 2.30. The maximum Gasteiger partial charge on any atom is 0.260 e. The second kappa shape index (κ2) is 10.3. The largest absolute Gasteiger partial charge is 0.357 e. The second-order valence-electron chi connectivity index (χ2n) is 4.48. The van der Waals surface area contributed by atoms with Gasteiger partial charge in [-0.2, -0.15) is 0 Å². The fourth-order valence-electron chi connectivity index (χ4n) is 1.98. The number of hydrogen-bond donors (Lipinski definition) is 1. The summed E-state index contributed by atoms with van der Waals surface area (Å²) in [4.78, 5) is 47.1. The standard InChI is InChI=1S/C16H22N2O4/c1-5-8-12(3)13(6-2)16(22)18(11-20)14(9-7-10-19)15(21)17-4/h5-6,8,10-11,14H,1,7,9H2,2-4H3,(H,17,21)/b12-8-,13-6+. The van der Waals surface area contributed by atoms with Crippen LogP contribution >= 0.6 is 0 Å². The fourth-order valence-corrected chi connectivity index (χ4v) is 1.98. The van der Waals surface area contributed by atoms with Crippen LogP contribution in [-0.4, -0.2) is 42.5 Å². The van der Waals surface area contributed by atoms with Crippen LogP contribution in [0.4, 0.5) is 0 Å². The Labute approximate surface area is 130 Å². The van der Waals surface area contributed by atoms with Gasteiger partial charge in [-0.3, -0.25) is 19.3 Å². The van der Waals surface area contributed by atoms with Gasteiger partial charge in [-0.05, 0) is 25.8 Å². The summed E-state index contributed by atoms with van der Waals surface area (Å²) >= 11 is 0. The Balaban J connectivity index is 5.58. The average Bonchev–Trinajstić information content (AvgIpc) is 2.51. The molecular weight excluding hydrogens is 284 g/mol. The summed E-state index contributed by atoms with van der Waals surface area (Å²) in [5, 5.41) is 2.40. The number of nitrogens with zero attached hydrogens (tertiary/aromatic N) is 1. The van der Waals surface area contributed by atoms with Gasteiger partial charge in [0.1, 0.15) is 12.3 Å². The number of carbonyl (C=O) groups is 4. The second-order valence-corrected chi connectivity index (χ2v) is 4.48. The average molecular weight is 306 g/mol. The van der Waals surface area contributed by atoms with Crippen LogP contribution in [0.2, 0.25) is 0 Å². The van der Waals surface area contributed by atoms with Crippen molar-refractivity contribution in [1.29, 1.82) is 0 Å². The van der Waals surface area contributed by atoms with Gasteiger partial charge < -0.3 is 10.1 Å². The SMILES string of the molecule is C=C/C=C(C)\C(=C/C)C(=O)N(C=O)C(CCC=O)C(=O)NC. The first kappa shape index (κ1) is 19.5. The molecule has 120 valence electrons. The first-order chi connectivity index (χ1) is 10.5. The van der Waals surface area contributed by atoms with Gasteiger partial charge in [0.05, 0.1) is 0 Å². The Hall–Kier alpha value is -2.50. The van der Waals surface area contributed by atoms with Crippen LogP contribution in [0, 0.1) is 0 Å². The Kier molecular flexibility index (Phi) is 9.09. The van der Waals surface area contributed by atoms with Crippen molar-refractivity contribution >= 4 is 24.5 Å². The lowest BCUT2D eigenvalue weighted by molar-refractivity contribution is -0.144. The summed E-state index contributed by atoms with van der Waals surface area (Å²) in [5.74, 6) is -1.09. The maximum absolute atomic E-state index is 12.5. The Morgan fingerprint density at radius 3 is 2.36 bits per heavy atom. The van der Waals surface area contributed by atoms with E-state index in [4.69, 9.17) is 0 Å². The van der Waals surface area contributed by atoms with Gasteiger partial charge in [-0.1, -0.05) is 24.8 Å². The summed E-state index contributed by atoms with van der Waals surface area (Å²) in [6, 6.07) is -1.02. The summed E-state index contributed by atoms with van der Waals surface area (Å²) in [5.41, 5.74) is 0.924. The number of hydrogen-bond acceptors (Lipinski definition) is 4. The number of amides is 3. The minimum absolute atomic E-state index is 0.0718. The molecule has 0 rings (SSSR count). The molecule has 1 atom stereocenters. The molecule has 0 aliphatic heterocycles. The first-order valence-corrected chi connectivity index (χ1v) is 6.87. The number of likely N-dealkylation sites (N-methyl/N-ethyl adjacent to an activating group) is 1. The van der Waals surface area contributed by atoms with Crippen molar-refractivity contribution in [3.63, 3.8) is 0 Å². The highest BCUT2D eigenvalue weighted by Crippen LogP contribution is 2.16. The number of aldehydes is 1. The minimum Gasteiger partial charge on any atom is -0.357 e. The topological polar surface area (TPSA) is 83.6 Å². The zero-order valence-corrected chi connectivity index (χ0v) is 13.2. The van der Waals surface area contributed by atoms with Crippen LogP contribution in [0.3, 0.4) is 0 Å². The molecule has 0 saturated carbocycles. The van der Waals surface area contributed by atoms with E-state index in [0.717, 1.165) is 4.90 Å². The highest BCUT2D eigenvalue weighted by atomic mass is 16.2. The number of rotatable bonds is 9. The van der Waals surface area contributed by atoms with Crippen LogP contribution in [0.25, 0.3) is 0 Å². The summed E-state index contributed by atoms with van der Waals surface area (Å²) in [7, 11) is 1.41. The molecule has 0 aliphatic carbocycles. The molecule has 0 aliphatic rings. The molecule has 0 bridgehead atoms. The van der Waals surface area contributed by atoms with Gasteiger partial charge in [0, 0.05) is 19.0 Å².